The minimum atomic E-state index is -4.39. The van der Waals surface area contributed by atoms with Crippen LogP contribution in [0.15, 0.2) is 48.1 Å². The summed E-state index contributed by atoms with van der Waals surface area (Å²) in [5, 5.41) is 2.89. The van der Waals surface area contributed by atoms with Gasteiger partial charge in [-0.2, -0.15) is 13.2 Å². The van der Waals surface area contributed by atoms with Crippen LogP contribution in [0, 0.1) is 34.5 Å². The Morgan fingerprint density at radius 2 is 1.76 bits per heavy atom. The molecule has 4 unspecified atom stereocenters. The molecule has 6 atom stereocenters. The fourth-order valence-corrected chi connectivity index (χ4v) is 7.97. The number of nitrogens with one attached hydrogen (secondary N) is 1. The van der Waals surface area contributed by atoms with Crippen molar-refractivity contribution in [3.63, 3.8) is 0 Å². The Labute approximate surface area is 198 Å². The molecule has 6 heteroatoms. The molecule has 3 nitrogen and oxygen atoms in total. The van der Waals surface area contributed by atoms with Gasteiger partial charge in [-0.1, -0.05) is 26.0 Å². The lowest BCUT2D eigenvalue weighted by Gasteiger charge is -2.58. The number of allylic oxidation sites excluding steroid dienone is 2. The lowest BCUT2D eigenvalue weighted by Crippen LogP contribution is -2.51. The van der Waals surface area contributed by atoms with E-state index in [1.807, 2.05) is 6.08 Å². The van der Waals surface area contributed by atoms with E-state index in [9.17, 15) is 22.8 Å². The maximum Gasteiger partial charge on any atom is 0.416 e. The van der Waals surface area contributed by atoms with E-state index in [1.165, 1.54) is 12.1 Å². The lowest BCUT2D eigenvalue weighted by atomic mass is 9.46. The van der Waals surface area contributed by atoms with Crippen molar-refractivity contribution in [2.75, 3.05) is 5.32 Å². The minimum absolute atomic E-state index is 0.0180. The molecule has 182 valence electrons. The van der Waals surface area contributed by atoms with Gasteiger partial charge in [0.25, 0.3) is 0 Å². The Hall–Kier alpha value is -2.37. The second kappa shape index (κ2) is 7.82. The zero-order valence-electron chi connectivity index (χ0n) is 19.8. The van der Waals surface area contributed by atoms with Crippen molar-refractivity contribution in [2.45, 2.75) is 65.0 Å². The van der Waals surface area contributed by atoms with E-state index in [0.717, 1.165) is 61.8 Å². The van der Waals surface area contributed by atoms with E-state index in [1.54, 1.807) is 0 Å². The average Bonchev–Trinajstić information content (AvgIpc) is 3.12. The van der Waals surface area contributed by atoms with E-state index in [-0.39, 0.29) is 28.4 Å². The van der Waals surface area contributed by atoms with Crippen LogP contribution in [0.2, 0.25) is 0 Å². The van der Waals surface area contributed by atoms with Crippen molar-refractivity contribution >= 4 is 17.4 Å². The van der Waals surface area contributed by atoms with Gasteiger partial charge in [0.2, 0.25) is 5.91 Å². The number of rotatable bonds is 2. The largest absolute Gasteiger partial charge is 0.416 e. The van der Waals surface area contributed by atoms with Crippen molar-refractivity contribution in [3.05, 3.63) is 53.6 Å². The summed E-state index contributed by atoms with van der Waals surface area (Å²) in [4.78, 5) is 25.4. The first-order valence-corrected chi connectivity index (χ1v) is 12.3. The third-order valence-corrected chi connectivity index (χ3v) is 9.73. The van der Waals surface area contributed by atoms with Gasteiger partial charge in [0.1, 0.15) is 0 Å². The Balaban J connectivity index is 1.35. The molecule has 0 heterocycles. The molecule has 34 heavy (non-hydrogen) atoms. The zero-order valence-corrected chi connectivity index (χ0v) is 19.8. The molecule has 0 spiro atoms. The van der Waals surface area contributed by atoms with E-state index in [2.05, 4.69) is 25.7 Å². The Bertz CT molecular complexity index is 1070. The normalized spacial score (nSPS) is 37.4. The number of hydrogen-bond acceptors (Lipinski definition) is 2. The number of ketones is 1. The molecule has 1 N–H and O–H groups in total. The van der Waals surface area contributed by atoms with Gasteiger partial charge in [0.05, 0.1) is 5.56 Å². The molecule has 5 rings (SSSR count). The van der Waals surface area contributed by atoms with Gasteiger partial charge in [0, 0.05) is 18.0 Å². The van der Waals surface area contributed by atoms with Crippen LogP contribution in [0.3, 0.4) is 0 Å². The van der Waals surface area contributed by atoms with Crippen molar-refractivity contribution in [3.8, 4) is 0 Å². The molecule has 3 saturated carbocycles. The topological polar surface area (TPSA) is 46.2 Å². The molecule has 0 saturated heterocycles. The highest BCUT2D eigenvalue weighted by atomic mass is 19.4. The molecular weight excluding hydrogens is 439 g/mol. The van der Waals surface area contributed by atoms with Gasteiger partial charge in [-0.05, 0) is 103 Å². The molecule has 0 bridgehead atoms. The highest BCUT2D eigenvalue weighted by Crippen LogP contribution is 2.67. The third kappa shape index (κ3) is 3.56. The molecule has 4 aliphatic rings. The van der Waals surface area contributed by atoms with Crippen LogP contribution in [-0.4, -0.2) is 11.7 Å². The van der Waals surface area contributed by atoms with Crippen molar-refractivity contribution in [1.29, 1.82) is 0 Å². The van der Waals surface area contributed by atoms with Crippen LogP contribution in [0.5, 0.6) is 0 Å². The summed E-state index contributed by atoms with van der Waals surface area (Å²) in [6.45, 7) is 8.90. The highest BCUT2D eigenvalue weighted by Gasteiger charge is 2.60. The van der Waals surface area contributed by atoms with E-state index in [4.69, 9.17) is 0 Å². The van der Waals surface area contributed by atoms with Crippen LogP contribution in [0.1, 0.15) is 64.4 Å². The summed E-state index contributed by atoms with van der Waals surface area (Å²) in [5.74, 6) is 1.30. The molecule has 1 amide bonds. The number of hydrogen-bond donors (Lipinski definition) is 1. The summed E-state index contributed by atoms with van der Waals surface area (Å²) in [7, 11) is 0. The number of alkyl halides is 3. The molecule has 4 aliphatic carbocycles. The predicted octanol–water partition coefficient (Wildman–Crippen LogP) is 6.96. The highest BCUT2D eigenvalue weighted by molar-refractivity contribution is 5.93. The number of carbonyl (C=O) groups is 2. The second-order valence-corrected chi connectivity index (χ2v) is 11.4. The molecule has 3 fully saturated rings. The van der Waals surface area contributed by atoms with Gasteiger partial charge >= 0.3 is 6.18 Å². The SMILES string of the molecule is C=C1CC2C(CC[C@@]3(C)C2CC[C@@H]3C(=O)Nc2ccc(C(F)(F)F)cc2)C2(C)CCC(=O)C=C12. The number of amides is 1. The average molecular weight is 472 g/mol. The number of halogens is 3. The van der Waals surface area contributed by atoms with Gasteiger partial charge < -0.3 is 5.32 Å². The Morgan fingerprint density at radius 1 is 1.06 bits per heavy atom. The number of fused-ring (bicyclic) bond motifs is 5. The van der Waals surface area contributed by atoms with E-state index < -0.39 is 11.7 Å². The molecule has 0 aliphatic heterocycles. The smallest absolute Gasteiger partial charge is 0.326 e. The first kappa shape index (κ1) is 23.4. The van der Waals surface area contributed by atoms with Gasteiger partial charge in [-0.25, -0.2) is 0 Å². The monoisotopic (exact) mass is 471 g/mol. The van der Waals surface area contributed by atoms with Crippen molar-refractivity contribution < 1.29 is 22.8 Å². The Kier molecular flexibility index (Phi) is 5.38. The van der Waals surface area contributed by atoms with Gasteiger partial charge in [0.15, 0.2) is 5.78 Å². The first-order valence-electron chi connectivity index (χ1n) is 12.3. The molecule has 1 aromatic carbocycles. The van der Waals surface area contributed by atoms with Crippen LogP contribution in [0.25, 0.3) is 0 Å². The molecule has 0 radical (unpaired) electrons. The summed E-state index contributed by atoms with van der Waals surface area (Å²) in [6, 6.07) is 4.68. The summed E-state index contributed by atoms with van der Waals surface area (Å²) in [5.41, 5.74) is 1.76. The van der Waals surface area contributed by atoms with Crippen LogP contribution < -0.4 is 5.32 Å². The predicted molar refractivity (Wildman–Crippen MR) is 125 cm³/mol. The zero-order chi connectivity index (χ0) is 24.5. The minimum Gasteiger partial charge on any atom is -0.326 e. The van der Waals surface area contributed by atoms with E-state index in [0.29, 0.717) is 29.9 Å². The number of benzene rings is 1. The van der Waals surface area contributed by atoms with Crippen LogP contribution in [0.4, 0.5) is 18.9 Å². The van der Waals surface area contributed by atoms with Gasteiger partial charge in [-0.15, -0.1) is 0 Å². The first-order chi connectivity index (χ1) is 15.9. The summed E-state index contributed by atoms with van der Waals surface area (Å²) >= 11 is 0. The van der Waals surface area contributed by atoms with Crippen molar-refractivity contribution in [2.24, 2.45) is 34.5 Å². The number of anilines is 1. The maximum absolute atomic E-state index is 13.3. The maximum atomic E-state index is 13.3. The molecular formula is C28H32F3NO2. The third-order valence-electron chi connectivity index (χ3n) is 9.73. The Morgan fingerprint density at radius 3 is 2.44 bits per heavy atom. The van der Waals surface area contributed by atoms with Gasteiger partial charge in [-0.3, -0.25) is 9.59 Å². The van der Waals surface area contributed by atoms with E-state index >= 15 is 0 Å². The second-order valence-electron chi connectivity index (χ2n) is 11.4. The quantitative estimate of drug-likeness (QED) is 0.507. The van der Waals surface area contributed by atoms with Crippen LogP contribution in [-0.2, 0) is 15.8 Å². The summed E-state index contributed by atoms with van der Waals surface area (Å²) in [6.07, 6.45) is 3.54. The molecule has 0 aromatic heterocycles. The standard InChI is InChI=1S/C28H32F3NO2/c1-16-14-20-21-8-9-23(25(34)32-18-6-4-17(5-7-18)28(29,30)31)26(21,2)13-11-22(20)27(3)12-10-19(33)15-24(16)27/h4-7,15,20-23H,1,8-14H2,2-3H3,(H,32,34)/t20?,21?,22?,23-,26+,27?/m1/s1. The fourth-order valence-electron chi connectivity index (χ4n) is 7.97. The molecule has 1 aromatic rings. The number of carbonyl (C=O) groups excluding carboxylic acids is 2. The van der Waals surface area contributed by atoms with Crippen molar-refractivity contribution in [1.82, 2.24) is 0 Å². The fraction of sp³-hybridized carbons (Fsp3) is 0.571. The lowest BCUT2D eigenvalue weighted by molar-refractivity contribution is -0.137. The summed E-state index contributed by atoms with van der Waals surface area (Å²) < 4.78 is 38.6. The van der Waals surface area contributed by atoms with Crippen LogP contribution >= 0.6 is 0 Å².